The first kappa shape index (κ1) is 15.6. The summed E-state index contributed by atoms with van der Waals surface area (Å²) in [5.41, 5.74) is 0.427. The molecule has 0 aromatic carbocycles. The maximum Gasteiger partial charge on any atom is 0.310 e. The summed E-state index contributed by atoms with van der Waals surface area (Å²) in [6.45, 7) is 0. The highest BCUT2D eigenvalue weighted by molar-refractivity contribution is 7.14. The number of amides is 2. The highest BCUT2D eigenvalue weighted by Crippen LogP contribution is 2.44. The summed E-state index contributed by atoms with van der Waals surface area (Å²) in [5, 5.41) is 17.3. The molecule has 4 rings (SSSR count). The molecule has 0 unspecified atom stereocenters. The number of nitrogens with one attached hydrogen (secondary N) is 2. The standard InChI is InChI=1S/C16H18N2O5S/c19-13(17-7-1-2-7)8-5-6-24-15(8)18-14(20)11-9-3-4-10(23-9)12(11)16(21)22/h5-7,9-12H,1-4H2,(H,17,19)(H,18,20)(H,21,22)/t9-,10+,11+,12-/m1/s1. The van der Waals surface area contributed by atoms with Gasteiger partial charge in [-0.1, -0.05) is 0 Å². The molecule has 4 atom stereocenters. The van der Waals surface area contributed by atoms with Crippen LogP contribution < -0.4 is 10.6 Å². The van der Waals surface area contributed by atoms with E-state index < -0.39 is 17.8 Å². The smallest absolute Gasteiger partial charge is 0.310 e. The summed E-state index contributed by atoms with van der Waals surface area (Å²) in [4.78, 5) is 36.3. The lowest BCUT2D eigenvalue weighted by Crippen LogP contribution is -2.41. The van der Waals surface area contributed by atoms with Gasteiger partial charge in [-0.05, 0) is 37.1 Å². The number of hydrogen-bond acceptors (Lipinski definition) is 5. The first-order valence-corrected chi connectivity index (χ1v) is 9.00. The Hall–Kier alpha value is -1.93. The Balaban J connectivity index is 1.49. The summed E-state index contributed by atoms with van der Waals surface area (Å²) in [6, 6.07) is 1.90. The fraction of sp³-hybridized carbons (Fsp3) is 0.562. The number of carbonyl (C=O) groups excluding carboxylic acids is 2. The van der Waals surface area contributed by atoms with E-state index in [1.54, 1.807) is 11.4 Å². The molecule has 0 spiro atoms. The minimum atomic E-state index is -1.000. The Labute approximate surface area is 142 Å². The highest BCUT2D eigenvalue weighted by atomic mass is 32.1. The molecule has 128 valence electrons. The van der Waals surface area contributed by atoms with Gasteiger partial charge in [-0.25, -0.2) is 0 Å². The molecule has 7 nitrogen and oxygen atoms in total. The van der Waals surface area contributed by atoms with Crippen LogP contribution in [0.1, 0.15) is 36.0 Å². The summed E-state index contributed by atoms with van der Waals surface area (Å²) in [5.74, 6) is -3.10. The van der Waals surface area contributed by atoms with Gasteiger partial charge in [0.15, 0.2) is 0 Å². The number of anilines is 1. The number of ether oxygens (including phenoxy) is 1. The molecule has 1 aliphatic carbocycles. The van der Waals surface area contributed by atoms with Crippen LogP contribution in [-0.4, -0.2) is 41.1 Å². The second-order valence-electron chi connectivity index (χ2n) is 6.58. The number of fused-ring (bicyclic) bond motifs is 2. The Kier molecular flexibility index (Phi) is 3.80. The molecule has 3 fully saturated rings. The highest BCUT2D eigenvalue weighted by Gasteiger charge is 2.55. The predicted octanol–water partition coefficient (Wildman–Crippen LogP) is 1.46. The quantitative estimate of drug-likeness (QED) is 0.746. The van der Waals surface area contributed by atoms with Crippen molar-refractivity contribution in [1.29, 1.82) is 0 Å². The van der Waals surface area contributed by atoms with Crippen molar-refractivity contribution < 1.29 is 24.2 Å². The summed E-state index contributed by atoms with van der Waals surface area (Å²) < 4.78 is 5.62. The first-order valence-electron chi connectivity index (χ1n) is 8.12. The molecular formula is C16H18N2O5S. The van der Waals surface area contributed by atoms with Crippen molar-refractivity contribution in [2.45, 2.75) is 43.9 Å². The van der Waals surface area contributed by atoms with Crippen molar-refractivity contribution in [2.24, 2.45) is 11.8 Å². The number of carbonyl (C=O) groups is 3. The molecule has 1 saturated carbocycles. The normalized spacial score (nSPS) is 31.0. The van der Waals surface area contributed by atoms with Gasteiger partial charge in [0.25, 0.3) is 5.91 Å². The fourth-order valence-corrected chi connectivity index (χ4v) is 4.38. The van der Waals surface area contributed by atoms with Crippen LogP contribution in [-0.2, 0) is 14.3 Å². The van der Waals surface area contributed by atoms with Gasteiger partial charge in [-0.3, -0.25) is 14.4 Å². The van der Waals surface area contributed by atoms with Gasteiger partial charge in [-0.15, -0.1) is 11.3 Å². The van der Waals surface area contributed by atoms with Crippen molar-refractivity contribution in [3.8, 4) is 0 Å². The molecule has 2 saturated heterocycles. The zero-order valence-corrected chi connectivity index (χ0v) is 13.7. The van der Waals surface area contributed by atoms with Gasteiger partial charge in [-0.2, -0.15) is 0 Å². The van der Waals surface area contributed by atoms with E-state index in [1.807, 2.05) is 0 Å². The van der Waals surface area contributed by atoms with E-state index in [-0.39, 0.29) is 30.1 Å². The maximum absolute atomic E-state index is 12.6. The topological polar surface area (TPSA) is 105 Å². The second-order valence-corrected chi connectivity index (χ2v) is 7.50. The summed E-state index contributed by atoms with van der Waals surface area (Å²) in [7, 11) is 0. The number of carboxylic acids is 1. The first-order chi connectivity index (χ1) is 11.5. The van der Waals surface area contributed by atoms with Gasteiger partial charge in [0, 0.05) is 6.04 Å². The molecule has 3 aliphatic rings. The van der Waals surface area contributed by atoms with Crippen LogP contribution in [0.4, 0.5) is 5.00 Å². The molecule has 3 N–H and O–H groups in total. The Morgan fingerprint density at radius 3 is 2.50 bits per heavy atom. The lowest BCUT2D eigenvalue weighted by molar-refractivity contribution is -0.147. The van der Waals surface area contributed by atoms with Crippen molar-refractivity contribution in [3.63, 3.8) is 0 Å². The fourth-order valence-electron chi connectivity index (χ4n) is 3.60. The number of aliphatic carboxylic acids is 1. The lowest BCUT2D eigenvalue weighted by atomic mass is 9.79. The molecule has 3 heterocycles. The molecule has 24 heavy (non-hydrogen) atoms. The van der Waals surface area contributed by atoms with Crippen LogP contribution in [0, 0.1) is 11.8 Å². The van der Waals surface area contributed by atoms with Crippen molar-refractivity contribution in [2.75, 3.05) is 5.32 Å². The van der Waals surface area contributed by atoms with Crippen LogP contribution in [0.25, 0.3) is 0 Å². The van der Waals surface area contributed by atoms with E-state index in [2.05, 4.69) is 10.6 Å². The predicted molar refractivity (Wildman–Crippen MR) is 85.9 cm³/mol. The minimum Gasteiger partial charge on any atom is -0.481 e. The molecule has 2 aliphatic heterocycles. The van der Waals surface area contributed by atoms with Crippen LogP contribution >= 0.6 is 11.3 Å². The van der Waals surface area contributed by atoms with E-state index in [0.29, 0.717) is 23.4 Å². The third-order valence-electron chi connectivity index (χ3n) is 4.92. The number of rotatable bonds is 5. The average molecular weight is 350 g/mol. The third-order valence-corrected chi connectivity index (χ3v) is 5.75. The zero-order chi connectivity index (χ0) is 16.8. The Bertz CT molecular complexity index is 698. The van der Waals surface area contributed by atoms with Crippen molar-refractivity contribution in [1.82, 2.24) is 5.32 Å². The van der Waals surface area contributed by atoms with E-state index in [0.717, 1.165) is 12.8 Å². The molecule has 1 aromatic rings. The van der Waals surface area contributed by atoms with Gasteiger partial charge in [0.1, 0.15) is 5.00 Å². The SMILES string of the molecule is O=C(NC1CC1)c1ccsc1NC(=O)[C@@H]1[C@H](C(=O)O)[C@@H]2CC[C@H]1O2. The Morgan fingerprint density at radius 1 is 1.12 bits per heavy atom. The third kappa shape index (κ3) is 2.69. The summed E-state index contributed by atoms with van der Waals surface area (Å²) >= 11 is 1.26. The maximum atomic E-state index is 12.6. The molecule has 1 aromatic heterocycles. The summed E-state index contributed by atoms with van der Waals surface area (Å²) in [6.07, 6.45) is 2.62. The van der Waals surface area contributed by atoms with Gasteiger partial charge in [0.2, 0.25) is 5.91 Å². The van der Waals surface area contributed by atoms with E-state index >= 15 is 0 Å². The second kappa shape index (κ2) is 5.86. The molecule has 2 bridgehead atoms. The number of thiophene rings is 1. The number of carboxylic acid groups (broad SMARTS) is 1. The van der Waals surface area contributed by atoms with Gasteiger partial charge >= 0.3 is 5.97 Å². The van der Waals surface area contributed by atoms with Crippen LogP contribution in [0.2, 0.25) is 0 Å². The number of hydrogen-bond donors (Lipinski definition) is 3. The van der Waals surface area contributed by atoms with Crippen molar-refractivity contribution >= 4 is 34.1 Å². The van der Waals surface area contributed by atoms with Crippen LogP contribution in [0.15, 0.2) is 11.4 Å². The largest absolute Gasteiger partial charge is 0.481 e. The van der Waals surface area contributed by atoms with Crippen molar-refractivity contribution in [3.05, 3.63) is 17.0 Å². The van der Waals surface area contributed by atoms with Crippen LogP contribution in [0.5, 0.6) is 0 Å². The lowest BCUT2D eigenvalue weighted by Gasteiger charge is -2.23. The van der Waals surface area contributed by atoms with E-state index in [4.69, 9.17) is 4.74 Å². The molecular weight excluding hydrogens is 332 g/mol. The van der Waals surface area contributed by atoms with Gasteiger partial charge in [0.05, 0.1) is 29.6 Å². The van der Waals surface area contributed by atoms with Gasteiger partial charge < -0.3 is 20.5 Å². The monoisotopic (exact) mass is 350 g/mol. The minimum absolute atomic E-state index is 0.201. The molecule has 0 radical (unpaired) electrons. The molecule has 2 amide bonds. The van der Waals surface area contributed by atoms with Crippen LogP contribution in [0.3, 0.4) is 0 Å². The molecule has 8 heteroatoms. The zero-order valence-electron chi connectivity index (χ0n) is 12.9. The average Bonchev–Trinajstić information content (AvgIpc) is 2.98. The van der Waals surface area contributed by atoms with E-state index in [1.165, 1.54) is 11.3 Å². The van der Waals surface area contributed by atoms with E-state index in [9.17, 15) is 19.5 Å². The Morgan fingerprint density at radius 2 is 1.83 bits per heavy atom.